The van der Waals surface area contributed by atoms with Gasteiger partial charge in [0.1, 0.15) is 24.0 Å². The van der Waals surface area contributed by atoms with Crippen LogP contribution in [0.4, 0.5) is 10.5 Å². The van der Waals surface area contributed by atoms with E-state index in [-0.39, 0.29) is 29.8 Å². The van der Waals surface area contributed by atoms with Gasteiger partial charge in [0.15, 0.2) is 0 Å². The van der Waals surface area contributed by atoms with Gasteiger partial charge in [0.05, 0.1) is 10.4 Å². The summed E-state index contributed by atoms with van der Waals surface area (Å²) in [5, 5.41) is 15.6. The first-order chi connectivity index (χ1) is 25.3. The Balaban J connectivity index is 1.13. The van der Waals surface area contributed by atoms with Crippen LogP contribution >= 0.6 is 0 Å². The first-order valence-electron chi connectivity index (χ1n) is 18.0. The van der Waals surface area contributed by atoms with Gasteiger partial charge in [0, 0.05) is 30.0 Å². The van der Waals surface area contributed by atoms with Crippen LogP contribution in [-0.2, 0) is 32.4 Å². The third-order valence-electron chi connectivity index (χ3n) is 9.83. The van der Waals surface area contributed by atoms with Crippen LogP contribution in [0.3, 0.4) is 0 Å². The lowest BCUT2D eigenvalue weighted by Crippen LogP contribution is -2.42. The van der Waals surface area contributed by atoms with E-state index in [1.807, 2.05) is 97.0 Å². The monoisotopic (exact) mass is 752 g/mol. The first kappa shape index (κ1) is 38.4. The molecule has 1 unspecified atom stereocenters. The number of rotatable bonds is 9. The van der Waals surface area contributed by atoms with E-state index in [1.54, 1.807) is 31.2 Å². The summed E-state index contributed by atoms with van der Waals surface area (Å²) in [4.78, 5) is 29.9. The van der Waals surface area contributed by atoms with Crippen molar-refractivity contribution in [3.05, 3.63) is 112 Å². The highest BCUT2D eigenvalue weighted by molar-refractivity contribution is 7.90. The quantitative estimate of drug-likeness (QED) is 0.102. The van der Waals surface area contributed by atoms with Gasteiger partial charge in [-0.15, -0.1) is 0 Å². The van der Waals surface area contributed by atoms with Crippen LogP contribution in [-0.4, -0.2) is 55.3 Å². The van der Waals surface area contributed by atoms with Gasteiger partial charge in [-0.3, -0.25) is 0 Å². The maximum absolute atomic E-state index is 14.1. The maximum atomic E-state index is 14.1. The third kappa shape index (κ3) is 8.08. The van der Waals surface area contributed by atoms with E-state index in [1.165, 1.54) is 0 Å². The molecule has 4 aromatic carbocycles. The fourth-order valence-corrected chi connectivity index (χ4v) is 8.85. The van der Waals surface area contributed by atoms with Crippen LogP contribution < -0.4 is 20.1 Å². The molecule has 1 atom stereocenters. The van der Waals surface area contributed by atoms with Gasteiger partial charge in [0.2, 0.25) is 5.96 Å². The van der Waals surface area contributed by atoms with E-state index < -0.39 is 39.3 Å². The van der Waals surface area contributed by atoms with Crippen molar-refractivity contribution < 1.29 is 32.6 Å². The lowest BCUT2D eigenvalue weighted by Gasteiger charge is -2.22. The summed E-state index contributed by atoms with van der Waals surface area (Å²) >= 11 is 0. The number of nitrogens with zero attached hydrogens (tertiary/aromatic N) is 1. The molecule has 1 aliphatic heterocycles. The van der Waals surface area contributed by atoms with E-state index in [0.717, 1.165) is 39.1 Å². The highest BCUT2D eigenvalue weighted by atomic mass is 32.2. The zero-order chi connectivity index (χ0) is 39.2. The van der Waals surface area contributed by atoms with E-state index in [9.17, 15) is 23.1 Å². The molecule has 0 spiro atoms. The molecule has 284 valence electrons. The Morgan fingerprint density at radius 2 is 1.52 bits per heavy atom. The van der Waals surface area contributed by atoms with Crippen LogP contribution in [0, 0.1) is 20.8 Å². The molecule has 0 fully saturated rings. The van der Waals surface area contributed by atoms with Gasteiger partial charge >= 0.3 is 12.1 Å². The number of carbonyl (C=O) groups excluding carboxylic acids is 1. The van der Waals surface area contributed by atoms with Crippen LogP contribution in [0.1, 0.15) is 79.5 Å². The van der Waals surface area contributed by atoms with E-state index in [2.05, 4.69) is 20.3 Å². The SMILES string of the molecule is Cc1c(C)c(S(=O)(=O)NC(=NC(C)(C)C)Nc2ccc(CC(NC(=O)OCC3c4ccccc4-c4ccccc43)C(=O)O)cc2)c(C)c2c1OC(C)(C)C2. The van der Waals surface area contributed by atoms with Crippen molar-refractivity contribution in [2.75, 3.05) is 11.9 Å². The number of benzene rings is 4. The molecule has 54 heavy (non-hydrogen) atoms. The van der Waals surface area contributed by atoms with Gasteiger partial charge in [0.25, 0.3) is 10.0 Å². The normalized spacial score (nSPS) is 15.4. The molecule has 6 rings (SSSR count). The molecule has 1 heterocycles. The van der Waals surface area contributed by atoms with Crippen molar-refractivity contribution in [2.24, 2.45) is 4.99 Å². The molecule has 4 N–H and O–H groups in total. The molecule has 4 aromatic rings. The second-order valence-electron chi connectivity index (χ2n) is 15.7. The lowest BCUT2D eigenvalue weighted by molar-refractivity contribution is -0.139. The van der Waals surface area contributed by atoms with Crippen molar-refractivity contribution in [2.45, 2.75) is 96.2 Å². The number of sulfonamides is 1. The molecule has 0 bridgehead atoms. The Bertz CT molecular complexity index is 2210. The van der Waals surface area contributed by atoms with E-state index >= 15 is 0 Å². The lowest BCUT2D eigenvalue weighted by atomic mass is 9.94. The standard InChI is InChI=1S/C42H48N4O7S/c1-24-25(2)37(26(3)33-22-42(7,8)53-36(24)33)54(50,51)46-39(45-41(4,5)6)43-28-19-17-27(18-20-28)21-35(38(47)48)44-40(49)52-23-34-31-15-11-9-13-29(31)30-14-10-12-16-32(30)34/h9-20,34-35H,21-23H2,1-8H3,(H,44,49)(H,47,48)(H2,43,45,46). The highest BCUT2D eigenvalue weighted by Gasteiger charge is 2.37. The zero-order valence-corrected chi connectivity index (χ0v) is 32.8. The molecule has 1 aliphatic carbocycles. The molecule has 0 radical (unpaired) electrons. The highest BCUT2D eigenvalue weighted by Crippen LogP contribution is 2.45. The number of nitrogens with one attached hydrogen (secondary N) is 3. The Kier molecular flexibility index (Phi) is 10.3. The van der Waals surface area contributed by atoms with Crippen LogP contribution in [0.5, 0.6) is 5.75 Å². The summed E-state index contributed by atoms with van der Waals surface area (Å²) in [5.74, 6) is -0.587. The molecule has 0 saturated carbocycles. The molecule has 0 saturated heterocycles. The number of ether oxygens (including phenoxy) is 2. The number of hydrogen-bond donors (Lipinski definition) is 4. The number of carbonyl (C=O) groups is 2. The summed E-state index contributed by atoms with van der Waals surface area (Å²) in [5.41, 5.74) is 7.30. The number of hydrogen-bond acceptors (Lipinski definition) is 7. The van der Waals surface area contributed by atoms with Crippen molar-refractivity contribution in [3.63, 3.8) is 0 Å². The van der Waals surface area contributed by atoms with Crippen molar-refractivity contribution in [3.8, 4) is 16.9 Å². The predicted octanol–water partition coefficient (Wildman–Crippen LogP) is 7.40. The van der Waals surface area contributed by atoms with Crippen molar-refractivity contribution in [1.29, 1.82) is 0 Å². The van der Waals surface area contributed by atoms with E-state index in [4.69, 9.17) is 9.47 Å². The van der Waals surface area contributed by atoms with Gasteiger partial charge in [-0.1, -0.05) is 60.7 Å². The predicted molar refractivity (Wildman–Crippen MR) is 210 cm³/mol. The summed E-state index contributed by atoms with van der Waals surface area (Å²) < 4.78 is 42.6. The fraction of sp³-hybridized carbons (Fsp3) is 0.357. The number of alkyl carbamates (subject to hydrolysis) is 1. The molecule has 12 heteroatoms. The maximum Gasteiger partial charge on any atom is 0.407 e. The Labute approximate surface area is 317 Å². The minimum absolute atomic E-state index is 0.00781. The van der Waals surface area contributed by atoms with Gasteiger partial charge in [-0.2, -0.15) is 0 Å². The number of anilines is 1. The number of fused-ring (bicyclic) bond motifs is 4. The number of aliphatic imine (C=N–C) groups is 1. The number of guanidine groups is 1. The average molecular weight is 753 g/mol. The number of aliphatic carboxylic acids is 1. The van der Waals surface area contributed by atoms with E-state index in [0.29, 0.717) is 28.8 Å². The molecule has 0 aromatic heterocycles. The number of carboxylic acids is 1. The Morgan fingerprint density at radius 1 is 0.926 bits per heavy atom. The summed E-state index contributed by atoms with van der Waals surface area (Å²) in [6.45, 7) is 15.1. The minimum Gasteiger partial charge on any atom is -0.487 e. The van der Waals surface area contributed by atoms with Gasteiger partial charge in [-0.05, 0) is 112 Å². The van der Waals surface area contributed by atoms with Gasteiger partial charge in [-0.25, -0.2) is 27.7 Å². The van der Waals surface area contributed by atoms with Crippen molar-refractivity contribution >= 4 is 33.7 Å². The summed E-state index contributed by atoms with van der Waals surface area (Å²) in [7, 11) is -4.10. The smallest absolute Gasteiger partial charge is 0.407 e. The second-order valence-corrected chi connectivity index (χ2v) is 17.3. The molecule has 2 aliphatic rings. The molecule has 11 nitrogen and oxygen atoms in total. The van der Waals surface area contributed by atoms with Crippen LogP contribution in [0.2, 0.25) is 0 Å². The molecular formula is C42H48N4O7S. The summed E-state index contributed by atoms with van der Waals surface area (Å²) in [6.07, 6.45) is -0.236. The number of amides is 1. The Hall–Kier alpha value is -5.36. The molecule has 1 amide bonds. The minimum atomic E-state index is -4.10. The summed E-state index contributed by atoms with van der Waals surface area (Å²) in [6, 6.07) is 21.5. The average Bonchev–Trinajstić information content (AvgIpc) is 3.59. The Morgan fingerprint density at radius 3 is 2.09 bits per heavy atom. The van der Waals surface area contributed by atoms with Gasteiger partial charge < -0.3 is 25.2 Å². The fourth-order valence-electron chi connectivity index (χ4n) is 7.32. The third-order valence-corrected chi connectivity index (χ3v) is 11.4. The molecular weight excluding hydrogens is 705 g/mol. The van der Waals surface area contributed by atoms with Crippen LogP contribution in [0.15, 0.2) is 82.7 Å². The topological polar surface area (TPSA) is 155 Å². The first-order valence-corrected chi connectivity index (χ1v) is 19.5. The van der Waals surface area contributed by atoms with Crippen molar-refractivity contribution in [1.82, 2.24) is 10.0 Å². The number of carboxylic acid groups (broad SMARTS) is 1. The van der Waals surface area contributed by atoms with Crippen LogP contribution in [0.25, 0.3) is 11.1 Å². The largest absolute Gasteiger partial charge is 0.487 e. The zero-order valence-electron chi connectivity index (χ0n) is 32.0. The second kappa shape index (κ2) is 14.5.